The van der Waals surface area contributed by atoms with E-state index in [2.05, 4.69) is 9.80 Å². The molecule has 0 spiro atoms. The van der Waals surface area contributed by atoms with Crippen LogP contribution in [0.5, 0.6) is 0 Å². The Morgan fingerprint density at radius 3 is 2.33 bits per heavy atom. The summed E-state index contributed by atoms with van der Waals surface area (Å²) >= 11 is 0. The predicted octanol–water partition coefficient (Wildman–Crippen LogP) is 0.704. The largest absolute Gasteiger partial charge is 0.391 e. The maximum Gasteiger partial charge on any atom is 0.234 e. The van der Waals surface area contributed by atoms with E-state index in [1.54, 1.807) is 0 Å². The second-order valence-electron chi connectivity index (χ2n) is 6.98. The van der Waals surface area contributed by atoms with Crippen molar-refractivity contribution in [2.75, 3.05) is 19.6 Å². The second-order valence-corrected chi connectivity index (χ2v) is 6.98. The SMILES string of the molecule is NC(=O)C1CCCN1C1CCN(C2CCCCC2O)CC1. The second kappa shape index (κ2) is 6.63. The minimum absolute atomic E-state index is 0.0400. The number of hydrogen-bond acceptors (Lipinski definition) is 4. The molecule has 2 heterocycles. The van der Waals surface area contributed by atoms with Crippen molar-refractivity contribution in [1.29, 1.82) is 0 Å². The lowest BCUT2D eigenvalue weighted by Crippen LogP contribution is -2.54. The molecule has 3 unspecified atom stereocenters. The summed E-state index contributed by atoms with van der Waals surface area (Å²) < 4.78 is 0. The van der Waals surface area contributed by atoms with Crippen molar-refractivity contribution in [3.8, 4) is 0 Å². The third kappa shape index (κ3) is 3.25. The number of primary amides is 1. The molecule has 3 fully saturated rings. The molecular formula is C16H29N3O2. The average molecular weight is 295 g/mol. The molecule has 0 bridgehead atoms. The van der Waals surface area contributed by atoms with Crippen LogP contribution >= 0.6 is 0 Å². The van der Waals surface area contributed by atoms with E-state index in [0.29, 0.717) is 12.1 Å². The van der Waals surface area contributed by atoms with Gasteiger partial charge >= 0.3 is 0 Å². The Morgan fingerprint density at radius 1 is 0.952 bits per heavy atom. The number of amides is 1. The molecule has 120 valence electrons. The van der Waals surface area contributed by atoms with Crippen LogP contribution in [0.25, 0.3) is 0 Å². The van der Waals surface area contributed by atoms with E-state index in [1.165, 1.54) is 12.8 Å². The summed E-state index contributed by atoms with van der Waals surface area (Å²) in [4.78, 5) is 16.4. The lowest BCUT2D eigenvalue weighted by molar-refractivity contribution is -0.123. The molecular weight excluding hydrogens is 266 g/mol. The van der Waals surface area contributed by atoms with Crippen LogP contribution in [0.4, 0.5) is 0 Å². The van der Waals surface area contributed by atoms with Gasteiger partial charge in [0.1, 0.15) is 0 Å². The standard InChI is InChI=1S/C16H29N3O2/c17-16(21)14-5-3-9-19(14)12-7-10-18(11-8-12)13-4-1-2-6-15(13)20/h12-15,20H,1-11H2,(H2,17,21). The van der Waals surface area contributed by atoms with Gasteiger partial charge in [-0.1, -0.05) is 12.8 Å². The zero-order chi connectivity index (χ0) is 14.8. The van der Waals surface area contributed by atoms with Crippen molar-refractivity contribution in [2.24, 2.45) is 5.73 Å². The average Bonchev–Trinajstić information content (AvgIpc) is 2.98. The number of likely N-dealkylation sites (tertiary alicyclic amines) is 2. The summed E-state index contributed by atoms with van der Waals surface area (Å²) in [7, 11) is 0. The molecule has 5 heteroatoms. The van der Waals surface area contributed by atoms with Crippen LogP contribution < -0.4 is 5.73 Å². The maximum atomic E-state index is 11.5. The van der Waals surface area contributed by atoms with Gasteiger partial charge < -0.3 is 10.8 Å². The van der Waals surface area contributed by atoms with E-state index in [9.17, 15) is 9.90 Å². The predicted molar refractivity (Wildman–Crippen MR) is 81.8 cm³/mol. The first kappa shape index (κ1) is 15.3. The van der Waals surface area contributed by atoms with Gasteiger partial charge in [0.25, 0.3) is 0 Å². The zero-order valence-corrected chi connectivity index (χ0v) is 12.9. The Hall–Kier alpha value is -0.650. The van der Waals surface area contributed by atoms with Gasteiger partial charge in [0.2, 0.25) is 5.91 Å². The van der Waals surface area contributed by atoms with Crippen LogP contribution in [0.1, 0.15) is 51.4 Å². The minimum atomic E-state index is -0.155. The highest BCUT2D eigenvalue weighted by Crippen LogP contribution is 2.29. The van der Waals surface area contributed by atoms with Gasteiger partial charge in [-0.15, -0.1) is 0 Å². The molecule has 0 radical (unpaired) electrons. The van der Waals surface area contributed by atoms with Crippen LogP contribution in [0.3, 0.4) is 0 Å². The van der Waals surface area contributed by atoms with Gasteiger partial charge in [-0.2, -0.15) is 0 Å². The van der Waals surface area contributed by atoms with E-state index in [0.717, 1.165) is 58.2 Å². The first-order valence-electron chi connectivity index (χ1n) is 8.64. The number of carbonyl (C=O) groups excluding carboxylic acids is 1. The van der Waals surface area contributed by atoms with Crippen LogP contribution in [0, 0.1) is 0 Å². The lowest BCUT2D eigenvalue weighted by Gasteiger charge is -2.44. The van der Waals surface area contributed by atoms with Crippen LogP contribution in [-0.2, 0) is 4.79 Å². The first-order valence-corrected chi connectivity index (χ1v) is 8.64. The Balaban J connectivity index is 1.54. The fourth-order valence-corrected chi connectivity index (χ4v) is 4.60. The molecule has 3 aliphatic rings. The quantitative estimate of drug-likeness (QED) is 0.804. The smallest absolute Gasteiger partial charge is 0.234 e. The van der Waals surface area contributed by atoms with E-state index >= 15 is 0 Å². The molecule has 0 aromatic heterocycles. The summed E-state index contributed by atoms with van der Waals surface area (Å²) in [5, 5.41) is 10.2. The molecule has 21 heavy (non-hydrogen) atoms. The summed E-state index contributed by atoms with van der Waals surface area (Å²) in [6.07, 6.45) is 8.60. The summed E-state index contributed by atoms with van der Waals surface area (Å²) in [6, 6.07) is 0.828. The maximum absolute atomic E-state index is 11.5. The Labute approximate surface area is 127 Å². The molecule has 1 aliphatic carbocycles. The Kier molecular flexibility index (Phi) is 4.82. The lowest BCUT2D eigenvalue weighted by atomic mass is 9.89. The molecule has 0 aromatic carbocycles. The topological polar surface area (TPSA) is 69.8 Å². The van der Waals surface area contributed by atoms with Crippen molar-refractivity contribution < 1.29 is 9.90 Å². The molecule has 3 atom stereocenters. The van der Waals surface area contributed by atoms with E-state index in [-0.39, 0.29) is 18.1 Å². The number of aliphatic hydroxyl groups is 1. The van der Waals surface area contributed by atoms with Gasteiger partial charge in [0, 0.05) is 25.2 Å². The van der Waals surface area contributed by atoms with Crippen molar-refractivity contribution in [2.45, 2.75) is 75.6 Å². The highest BCUT2D eigenvalue weighted by molar-refractivity contribution is 5.80. The molecule has 2 aliphatic heterocycles. The first-order chi connectivity index (χ1) is 10.2. The number of aliphatic hydroxyl groups excluding tert-OH is 1. The van der Waals surface area contributed by atoms with Gasteiger partial charge in [0.15, 0.2) is 0 Å². The van der Waals surface area contributed by atoms with Gasteiger partial charge in [-0.25, -0.2) is 0 Å². The molecule has 5 nitrogen and oxygen atoms in total. The fraction of sp³-hybridized carbons (Fsp3) is 0.938. The number of nitrogens with two attached hydrogens (primary N) is 1. The van der Waals surface area contributed by atoms with Crippen LogP contribution in [-0.4, -0.2) is 64.7 Å². The Bertz CT molecular complexity index is 369. The number of piperidine rings is 1. The van der Waals surface area contributed by atoms with Crippen LogP contribution in [0.15, 0.2) is 0 Å². The third-order valence-electron chi connectivity index (χ3n) is 5.75. The zero-order valence-electron chi connectivity index (χ0n) is 12.9. The number of hydrogen-bond donors (Lipinski definition) is 2. The third-order valence-corrected chi connectivity index (χ3v) is 5.75. The number of rotatable bonds is 3. The number of carbonyl (C=O) groups is 1. The van der Waals surface area contributed by atoms with E-state index in [1.807, 2.05) is 0 Å². The Morgan fingerprint density at radius 2 is 1.67 bits per heavy atom. The van der Waals surface area contributed by atoms with Crippen molar-refractivity contribution in [3.63, 3.8) is 0 Å². The van der Waals surface area contributed by atoms with E-state index in [4.69, 9.17) is 5.73 Å². The van der Waals surface area contributed by atoms with Gasteiger partial charge in [-0.3, -0.25) is 14.6 Å². The molecule has 0 aromatic rings. The fourth-order valence-electron chi connectivity index (χ4n) is 4.60. The molecule has 1 saturated carbocycles. The molecule has 2 saturated heterocycles. The summed E-state index contributed by atoms with van der Waals surface area (Å²) in [5.74, 6) is -0.155. The summed E-state index contributed by atoms with van der Waals surface area (Å²) in [5.41, 5.74) is 5.53. The minimum Gasteiger partial charge on any atom is -0.391 e. The van der Waals surface area contributed by atoms with Crippen molar-refractivity contribution in [3.05, 3.63) is 0 Å². The molecule has 1 amide bonds. The van der Waals surface area contributed by atoms with Crippen molar-refractivity contribution in [1.82, 2.24) is 9.80 Å². The highest BCUT2D eigenvalue weighted by Gasteiger charge is 2.37. The molecule has 3 rings (SSSR count). The van der Waals surface area contributed by atoms with Crippen LogP contribution in [0.2, 0.25) is 0 Å². The number of nitrogens with zero attached hydrogens (tertiary/aromatic N) is 2. The van der Waals surface area contributed by atoms with Crippen molar-refractivity contribution >= 4 is 5.91 Å². The summed E-state index contributed by atoms with van der Waals surface area (Å²) in [6.45, 7) is 3.12. The highest BCUT2D eigenvalue weighted by atomic mass is 16.3. The van der Waals surface area contributed by atoms with Gasteiger partial charge in [-0.05, 0) is 45.1 Å². The molecule has 3 N–H and O–H groups in total. The monoisotopic (exact) mass is 295 g/mol. The normalized spacial score (nSPS) is 36.9. The van der Waals surface area contributed by atoms with Gasteiger partial charge in [0.05, 0.1) is 12.1 Å². The van der Waals surface area contributed by atoms with E-state index < -0.39 is 0 Å².